The Balaban J connectivity index is 2.41. The van der Waals surface area contributed by atoms with E-state index in [2.05, 4.69) is 21.8 Å². The SMILES string of the molecule is CN=C(NN(C=O)c1ccc(C)c(F)c1)c1c(C)ccc(CNC)c1C. The highest BCUT2D eigenvalue weighted by Gasteiger charge is 2.16. The lowest BCUT2D eigenvalue weighted by atomic mass is 9.96. The van der Waals surface area contributed by atoms with E-state index in [9.17, 15) is 9.18 Å². The molecule has 0 saturated carbocycles. The molecule has 6 heteroatoms. The Morgan fingerprint density at radius 1 is 1.19 bits per heavy atom. The number of amidine groups is 1. The molecule has 0 aromatic heterocycles. The lowest BCUT2D eigenvalue weighted by Crippen LogP contribution is -2.42. The zero-order valence-corrected chi connectivity index (χ0v) is 15.9. The largest absolute Gasteiger partial charge is 0.316 e. The molecule has 0 unspecified atom stereocenters. The summed E-state index contributed by atoms with van der Waals surface area (Å²) in [6.45, 7) is 6.43. The van der Waals surface area contributed by atoms with Gasteiger partial charge in [-0.15, -0.1) is 0 Å². The fraction of sp³-hybridized carbons (Fsp3) is 0.300. The molecule has 2 N–H and O–H groups in total. The van der Waals surface area contributed by atoms with Crippen molar-refractivity contribution in [2.24, 2.45) is 4.99 Å². The van der Waals surface area contributed by atoms with E-state index in [4.69, 9.17) is 0 Å². The first-order valence-electron chi connectivity index (χ1n) is 8.41. The second-order valence-electron chi connectivity index (χ2n) is 6.16. The quantitative estimate of drug-likeness (QED) is 0.362. The molecule has 0 radical (unpaired) electrons. The van der Waals surface area contributed by atoms with E-state index in [0.29, 0.717) is 23.5 Å². The monoisotopic (exact) mass is 356 g/mol. The minimum atomic E-state index is -0.366. The summed E-state index contributed by atoms with van der Waals surface area (Å²) in [6, 6.07) is 8.74. The smallest absolute Gasteiger partial charge is 0.232 e. The molecule has 2 rings (SSSR count). The number of halogens is 1. The lowest BCUT2D eigenvalue weighted by molar-refractivity contribution is -0.107. The molecule has 0 aliphatic carbocycles. The Kier molecular flexibility index (Phi) is 6.46. The third-order valence-corrected chi connectivity index (χ3v) is 4.38. The van der Waals surface area contributed by atoms with Crippen LogP contribution in [0.2, 0.25) is 0 Å². The van der Waals surface area contributed by atoms with Gasteiger partial charge in [-0.05, 0) is 62.2 Å². The molecule has 138 valence electrons. The maximum absolute atomic E-state index is 13.9. The van der Waals surface area contributed by atoms with Crippen molar-refractivity contribution in [3.8, 4) is 0 Å². The Labute approximate surface area is 153 Å². The van der Waals surface area contributed by atoms with Crippen LogP contribution in [0.4, 0.5) is 10.1 Å². The number of carbonyl (C=O) groups is 1. The molecule has 0 fully saturated rings. The molecule has 0 spiro atoms. The number of hydrogen-bond acceptors (Lipinski definition) is 3. The van der Waals surface area contributed by atoms with Gasteiger partial charge < -0.3 is 5.32 Å². The first kappa shape index (κ1) is 19.6. The van der Waals surface area contributed by atoms with E-state index < -0.39 is 0 Å². The summed E-state index contributed by atoms with van der Waals surface area (Å²) >= 11 is 0. The minimum absolute atomic E-state index is 0.366. The zero-order valence-electron chi connectivity index (χ0n) is 15.9. The van der Waals surface area contributed by atoms with Gasteiger partial charge in [0.05, 0.1) is 5.69 Å². The van der Waals surface area contributed by atoms with Gasteiger partial charge >= 0.3 is 0 Å². The summed E-state index contributed by atoms with van der Waals surface area (Å²) in [5.74, 6) is 0.181. The highest BCUT2D eigenvalue weighted by Crippen LogP contribution is 2.20. The van der Waals surface area contributed by atoms with Crippen LogP contribution in [0, 0.1) is 26.6 Å². The van der Waals surface area contributed by atoms with Crippen molar-refractivity contribution in [1.29, 1.82) is 0 Å². The van der Waals surface area contributed by atoms with Gasteiger partial charge in [0.25, 0.3) is 0 Å². The van der Waals surface area contributed by atoms with Crippen LogP contribution in [0.1, 0.15) is 27.8 Å². The number of aliphatic imine (C=N–C) groups is 1. The second-order valence-corrected chi connectivity index (χ2v) is 6.16. The summed E-state index contributed by atoms with van der Waals surface area (Å²) in [6.07, 6.45) is 0.609. The Hall–Kier alpha value is -2.73. The topological polar surface area (TPSA) is 56.7 Å². The molecule has 0 atom stereocenters. The minimum Gasteiger partial charge on any atom is -0.316 e. The van der Waals surface area contributed by atoms with Gasteiger partial charge in [0.15, 0.2) is 0 Å². The molecular weight excluding hydrogens is 331 g/mol. The highest BCUT2D eigenvalue weighted by molar-refractivity contribution is 6.03. The van der Waals surface area contributed by atoms with Gasteiger partial charge in [-0.25, -0.2) is 9.40 Å². The van der Waals surface area contributed by atoms with E-state index >= 15 is 0 Å². The van der Waals surface area contributed by atoms with E-state index in [0.717, 1.165) is 28.8 Å². The summed E-state index contributed by atoms with van der Waals surface area (Å²) in [5, 5.41) is 4.38. The molecule has 2 aromatic carbocycles. The normalized spacial score (nSPS) is 11.4. The van der Waals surface area contributed by atoms with Crippen molar-refractivity contribution in [3.63, 3.8) is 0 Å². The Morgan fingerprint density at radius 3 is 2.46 bits per heavy atom. The van der Waals surface area contributed by atoms with Gasteiger partial charge in [0.1, 0.15) is 11.7 Å². The summed E-state index contributed by atoms with van der Waals surface area (Å²) in [4.78, 5) is 15.9. The summed E-state index contributed by atoms with van der Waals surface area (Å²) < 4.78 is 13.9. The van der Waals surface area contributed by atoms with E-state index in [1.165, 1.54) is 11.1 Å². The van der Waals surface area contributed by atoms with Crippen LogP contribution in [0.15, 0.2) is 35.3 Å². The molecular formula is C20H25FN4O. The number of rotatable bonds is 6. The average molecular weight is 356 g/mol. The molecule has 0 heterocycles. The Bertz CT molecular complexity index is 833. The predicted molar refractivity (Wildman–Crippen MR) is 104 cm³/mol. The number of nitrogens with one attached hydrogen (secondary N) is 2. The third kappa shape index (κ3) is 4.08. The molecule has 5 nitrogen and oxygen atoms in total. The molecule has 26 heavy (non-hydrogen) atoms. The fourth-order valence-corrected chi connectivity index (χ4v) is 2.85. The number of benzene rings is 2. The summed E-state index contributed by atoms with van der Waals surface area (Å²) in [5.41, 5.74) is 8.14. The highest BCUT2D eigenvalue weighted by atomic mass is 19.1. The lowest BCUT2D eigenvalue weighted by Gasteiger charge is -2.23. The van der Waals surface area contributed by atoms with Crippen LogP contribution < -0.4 is 15.8 Å². The zero-order chi connectivity index (χ0) is 19.3. The predicted octanol–water partition coefficient (Wildman–Crippen LogP) is 3.01. The van der Waals surface area contributed by atoms with Crippen molar-refractivity contribution in [2.45, 2.75) is 27.3 Å². The van der Waals surface area contributed by atoms with Gasteiger partial charge in [-0.1, -0.05) is 18.2 Å². The molecule has 0 bridgehead atoms. The van der Waals surface area contributed by atoms with Gasteiger partial charge in [0.2, 0.25) is 6.41 Å². The number of hydrazine groups is 1. The van der Waals surface area contributed by atoms with Crippen molar-refractivity contribution < 1.29 is 9.18 Å². The van der Waals surface area contributed by atoms with Crippen LogP contribution in [-0.2, 0) is 11.3 Å². The summed E-state index contributed by atoms with van der Waals surface area (Å²) in [7, 11) is 3.55. The third-order valence-electron chi connectivity index (χ3n) is 4.38. The maximum atomic E-state index is 13.9. The molecule has 0 saturated heterocycles. The van der Waals surface area contributed by atoms with Crippen molar-refractivity contribution in [1.82, 2.24) is 10.7 Å². The van der Waals surface area contributed by atoms with E-state index in [1.807, 2.05) is 27.0 Å². The number of amides is 1. The maximum Gasteiger partial charge on any atom is 0.232 e. The number of hydrogen-bond donors (Lipinski definition) is 2. The van der Waals surface area contributed by atoms with Crippen LogP contribution in [0.25, 0.3) is 0 Å². The van der Waals surface area contributed by atoms with E-state index in [1.54, 1.807) is 26.1 Å². The van der Waals surface area contributed by atoms with Crippen LogP contribution in [0.5, 0.6) is 0 Å². The van der Waals surface area contributed by atoms with Gasteiger partial charge in [-0.2, -0.15) is 0 Å². The molecule has 2 aromatic rings. The standard InChI is InChI=1S/C20H25FN4O/c1-13-7-9-17(10-18(13)21)25(12-26)24-20(23-5)19-14(2)6-8-16(11-22-4)15(19)3/h6-10,12,22H,11H2,1-5H3,(H,23,24). The molecule has 0 aliphatic rings. The van der Waals surface area contributed by atoms with Crippen LogP contribution in [-0.4, -0.2) is 26.3 Å². The second kappa shape index (κ2) is 8.58. The van der Waals surface area contributed by atoms with Crippen molar-refractivity contribution in [3.05, 3.63) is 64.0 Å². The Morgan fingerprint density at radius 2 is 1.88 bits per heavy atom. The molecule has 0 aliphatic heterocycles. The van der Waals surface area contributed by atoms with Crippen molar-refractivity contribution >= 4 is 17.9 Å². The number of aryl methyl sites for hydroxylation is 2. The van der Waals surface area contributed by atoms with Crippen LogP contribution in [0.3, 0.4) is 0 Å². The first-order valence-corrected chi connectivity index (χ1v) is 8.41. The number of anilines is 1. The van der Waals surface area contributed by atoms with Gasteiger partial charge in [-0.3, -0.25) is 15.2 Å². The van der Waals surface area contributed by atoms with Gasteiger partial charge in [0, 0.05) is 19.2 Å². The fourth-order valence-electron chi connectivity index (χ4n) is 2.85. The average Bonchev–Trinajstić information content (AvgIpc) is 2.63. The first-order chi connectivity index (χ1) is 12.4. The number of carbonyl (C=O) groups excluding carboxylic acids is 1. The van der Waals surface area contributed by atoms with Crippen LogP contribution >= 0.6 is 0 Å². The van der Waals surface area contributed by atoms with Crippen molar-refractivity contribution in [2.75, 3.05) is 19.1 Å². The molecule has 1 amide bonds. The van der Waals surface area contributed by atoms with E-state index in [-0.39, 0.29) is 5.82 Å². The number of nitrogens with zero attached hydrogens (tertiary/aromatic N) is 2.